The maximum atomic E-state index is 12.8. The molecule has 3 amide bonds. The van der Waals surface area contributed by atoms with Gasteiger partial charge >= 0.3 is 12.0 Å². The first-order valence-electron chi connectivity index (χ1n) is 10.5. The van der Waals surface area contributed by atoms with Crippen molar-refractivity contribution in [3.8, 4) is 0 Å². The zero-order valence-corrected chi connectivity index (χ0v) is 18.6. The summed E-state index contributed by atoms with van der Waals surface area (Å²) in [6.45, 7) is 1.40. The smallest absolute Gasteiger partial charge is 0.325 e. The van der Waals surface area contributed by atoms with Gasteiger partial charge in [-0.2, -0.15) is 4.31 Å². The third-order valence-electron chi connectivity index (χ3n) is 5.74. The average Bonchev–Trinajstić information content (AvgIpc) is 2.72. The minimum Gasteiger partial charge on any atom is -0.451 e. The van der Waals surface area contributed by atoms with Gasteiger partial charge in [0.05, 0.1) is 6.26 Å². The molecule has 2 N–H and O–H groups in total. The van der Waals surface area contributed by atoms with E-state index in [2.05, 4.69) is 10.6 Å². The van der Waals surface area contributed by atoms with E-state index < -0.39 is 40.1 Å². The van der Waals surface area contributed by atoms with E-state index >= 15 is 0 Å². The summed E-state index contributed by atoms with van der Waals surface area (Å²) in [5, 5.41) is 4.95. The quantitative estimate of drug-likeness (QED) is 0.654. The number of nitrogens with zero attached hydrogens (tertiary/aromatic N) is 1. The minimum absolute atomic E-state index is 0.0324. The Bertz CT molecular complexity index is 942. The molecule has 0 unspecified atom stereocenters. The van der Waals surface area contributed by atoms with Crippen molar-refractivity contribution in [1.82, 2.24) is 14.9 Å². The zero-order chi connectivity index (χ0) is 22.6. The van der Waals surface area contributed by atoms with E-state index in [1.54, 1.807) is 0 Å². The summed E-state index contributed by atoms with van der Waals surface area (Å²) in [7, 11) is -3.69. The largest absolute Gasteiger partial charge is 0.451 e. The number of fused-ring (bicyclic) bond motifs is 1. The summed E-state index contributed by atoms with van der Waals surface area (Å²) in [5.74, 6) is -1.58. The lowest BCUT2D eigenvalue weighted by Gasteiger charge is -2.33. The molecule has 0 spiro atoms. The molecule has 170 valence electrons. The Morgan fingerprint density at radius 3 is 2.39 bits per heavy atom. The molecule has 0 aromatic heterocycles. The molecule has 9 nitrogen and oxygen atoms in total. The van der Waals surface area contributed by atoms with Crippen LogP contribution >= 0.6 is 0 Å². The van der Waals surface area contributed by atoms with Gasteiger partial charge in [0.15, 0.2) is 6.10 Å². The number of carbonyl (C=O) groups excluding carboxylic acids is 3. The fourth-order valence-electron chi connectivity index (χ4n) is 4.04. The van der Waals surface area contributed by atoms with Crippen LogP contribution in [0, 0.1) is 0 Å². The molecule has 1 fully saturated rings. The summed E-state index contributed by atoms with van der Waals surface area (Å²) >= 11 is 0. The van der Waals surface area contributed by atoms with Gasteiger partial charge in [-0.05, 0) is 30.9 Å². The predicted octanol–water partition coefficient (Wildman–Crippen LogP) is 1.46. The molecular formula is C21H29N3O6S. The number of benzene rings is 1. The summed E-state index contributed by atoms with van der Waals surface area (Å²) in [6, 6.07) is 5.61. The Balaban J connectivity index is 1.60. The van der Waals surface area contributed by atoms with Crippen LogP contribution in [0.4, 0.5) is 4.79 Å². The van der Waals surface area contributed by atoms with E-state index in [1.165, 1.54) is 6.92 Å². The number of carbonyl (C=O) groups is 3. The zero-order valence-electron chi connectivity index (χ0n) is 17.8. The molecule has 2 aliphatic rings. The Morgan fingerprint density at radius 2 is 1.74 bits per heavy atom. The molecule has 1 aromatic rings. The highest BCUT2D eigenvalue weighted by atomic mass is 32.2. The van der Waals surface area contributed by atoms with Crippen LogP contribution in [0.2, 0.25) is 0 Å². The van der Waals surface area contributed by atoms with E-state index in [9.17, 15) is 22.8 Å². The Labute approximate surface area is 182 Å². The second-order valence-electron chi connectivity index (χ2n) is 8.17. The molecule has 1 aliphatic carbocycles. The van der Waals surface area contributed by atoms with Crippen molar-refractivity contribution in [3.63, 3.8) is 0 Å². The summed E-state index contributed by atoms with van der Waals surface area (Å²) in [6.07, 6.45) is 4.89. The van der Waals surface area contributed by atoms with Crippen LogP contribution in [0.25, 0.3) is 0 Å². The molecule has 10 heteroatoms. The third kappa shape index (κ3) is 6.04. The third-order valence-corrected chi connectivity index (χ3v) is 6.98. The first kappa shape index (κ1) is 23.2. The van der Waals surface area contributed by atoms with E-state index in [0.29, 0.717) is 0 Å². The van der Waals surface area contributed by atoms with Gasteiger partial charge in [-0.3, -0.25) is 14.9 Å². The normalized spacial score (nSPS) is 20.9. The molecule has 0 bridgehead atoms. The molecule has 1 heterocycles. The van der Waals surface area contributed by atoms with Crippen molar-refractivity contribution in [2.45, 2.75) is 70.2 Å². The van der Waals surface area contributed by atoms with Crippen molar-refractivity contribution in [3.05, 3.63) is 35.4 Å². The van der Waals surface area contributed by atoms with Crippen LogP contribution in [-0.4, -0.2) is 55.1 Å². The summed E-state index contributed by atoms with van der Waals surface area (Å²) < 4.78 is 30.8. The number of ether oxygens (including phenoxy) is 1. The van der Waals surface area contributed by atoms with E-state index in [0.717, 1.165) is 53.8 Å². The molecule has 2 atom stereocenters. The average molecular weight is 452 g/mol. The van der Waals surface area contributed by atoms with E-state index in [-0.39, 0.29) is 19.0 Å². The molecule has 31 heavy (non-hydrogen) atoms. The molecule has 0 radical (unpaired) electrons. The maximum absolute atomic E-state index is 12.8. The lowest BCUT2D eigenvalue weighted by Crippen LogP contribution is -2.51. The number of urea groups is 1. The minimum atomic E-state index is -3.69. The van der Waals surface area contributed by atoms with E-state index in [4.69, 9.17) is 4.74 Å². The molecule has 0 saturated heterocycles. The Kier molecular flexibility index (Phi) is 7.32. The van der Waals surface area contributed by atoms with Crippen molar-refractivity contribution in [2.24, 2.45) is 0 Å². The van der Waals surface area contributed by atoms with Gasteiger partial charge < -0.3 is 10.1 Å². The van der Waals surface area contributed by atoms with Gasteiger partial charge in [0, 0.05) is 19.0 Å². The number of amides is 3. The fraction of sp³-hybridized carbons (Fsp3) is 0.571. The topological polar surface area (TPSA) is 122 Å². The molecule has 1 aliphatic heterocycles. The second kappa shape index (κ2) is 9.78. The fourth-order valence-corrected chi connectivity index (χ4v) is 5.03. The molecular weight excluding hydrogens is 422 g/mol. The first-order chi connectivity index (χ1) is 14.6. The highest BCUT2D eigenvalue weighted by Gasteiger charge is 2.39. The number of hydrogen-bond donors (Lipinski definition) is 2. The highest BCUT2D eigenvalue weighted by Crippen LogP contribution is 2.26. The highest BCUT2D eigenvalue weighted by molar-refractivity contribution is 7.88. The first-order valence-corrected chi connectivity index (χ1v) is 12.4. The van der Waals surface area contributed by atoms with Crippen LogP contribution in [0.5, 0.6) is 0 Å². The molecule has 1 saturated carbocycles. The van der Waals surface area contributed by atoms with Gasteiger partial charge in [0.2, 0.25) is 10.0 Å². The van der Waals surface area contributed by atoms with Crippen molar-refractivity contribution in [2.75, 3.05) is 6.26 Å². The predicted molar refractivity (Wildman–Crippen MR) is 113 cm³/mol. The Morgan fingerprint density at radius 1 is 1.10 bits per heavy atom. The van der Waals surface area contributed by atoms with Crippen molar-refractivity contribution >= 4 is 27.9 Å². The summed E-state index contributed by atoms with van der Waals surface area (Å²) in [5.41, 5.74) is 1.68. The number of hydrogen-bond acceptors (Lipinski definition) is 6. The SMILES string of the molecule is C[C@H](OC(=O)[C@@H]1Cc2ccccc2CN1S(C)(=O)=O)C(=O)NC(=O)NC1CCCCC1. The number of imide groups is 1. The maximum Gasteiger partial charge on any atom is 0.325 e. The van der Waals surface area contributed by atoms with Crippen LogP contribution in [0.3, 0.4) is 0 Å². The lowest BCUT2D eigenvalue weighted by atomic mass is 9.96. The van der Waals surface area contributed by atoms with Gasteiger partial charge in [0.1, 0.15) is 6.04 Å². The number of rotatable bonds is 5. The van der Waals surface area contributed by atoms with Crippen LogP contribution in [0.1, 0.15) is 50.2 Å². The lowest BCUT2D eigenvalue weighted by molar-refractivity contribution is -0.158. The standard InChI is InChI=1S/C21H29N3O6S/c1-14(19(25)23-21(27)22-17-10-4-3-5-11-17)30-20(26)18-12-15-8-6-7-9-16(15)13-24(18)31(2,28)29/h6-9,14,17-18H,3-5,10-13H2,1-2H3,(H2,22,23,25,27)/t14-,18-/m0/s1. The Hall–Kier alpha value is -2.46. The van der Waals surface area contributed by atoms with Crippen molar-refractivity contribution in [1.29, 1.82) is 0 Å². The van der Waals surface area contributed by atoms with Crippen LogP contribution in [-0.2, 0) is 37.3 Å². The van der Waals surface area contributed by atoms with Crippen molar-refractivity contribution < 1.29 is 27.5 Å². The van der Waals surface area contributed by atoms with Gasteiger partial charge in [-0.15, -0.1) is 0 Å². The monoisotopic (exact) mass is 451 g/mol. The van der Waals surface area contributed by atoms with Crippen LogP contribution < -0.4 is 10.6 Å². The summed E-state index contributed by atoms with van der Waals surface area (Å²) in [4.78, 5) is 37.1. The second-order valence-corrected chi connectivity index (χ2v) is 10.1. The van der Waals surface area contributed by atoms with Gasteiger partial charge in [-0.25, -0.2) is 13.2 Å². The number of esters is 1. The number of sulfonamides is 1. The molecule has 3 rings (SSSR count). The van der Waals surface area contributed by atoms with Crippen LogP contribution in [0.15, 0.2) is 24.3 Å². The van der Waals surface area contributed by atoms with Gasteiger partial charge in [0.25, 0.3) is 5.91 Å². The van der Waals surface area contributed by atoms with Gasteiger partial charge in [-0.1, -0.05) is 43.5 Å². The molecule has 1 aromatic carbocycles. The van der Waals surface area contributed by atoms with E-state index in [1.807, 2.05) is 24.3 Å². The number of nitrogens with one attached hydrogen (secondary N) is 2.